The van der Waals surface area contributed by atoms with Crippen molar-refractivity contribution in [3.05, 3.63) is 47.5 Å². The summed E-state index contributed by atoms with van der Waals surface area (Å²) in [5.41, 5.74) is 3.37. The number of nitrogens with zero attached hydrogens (tertiary/aromatic N) is 2. The van der Waals surface area contributed by atoms with Gasteiger partial charge < -0.3 is 10.0 Å². The third kappa shape index (κ3) is 5.61. The van der Waals surface area contributed by atoms with Crippen LogP contribution in [-0.2, 0) is 4.79 Å². The monoisotopic (exact) mass is 317 g/mol. The molecule has 0 aliphatic carbocycles. The fourth-order valence-corrected chi connectivity index (χ4v) is 2.33. The van der Waals surface area contributed by atoms with Crippen molar-refractivity contribution in [1.29, 1.82) is 0 Å². The highest BCUT2D eigenvalue weighted by Gasteiger charge is 2.18. The third-order valence-electron chi connectivity index (χ3n) is 3.85. The lowest BCUT2D eigenvalue weighted by Gasteiger charge is -2.34. The molecule has 1 saturated heterocycles. The van der Waals surface area contributed by atoms with Gasteiger partial charge in [-0.05, 0) is 30.3 Å². The van der Waals surface area contributed by atoms with Gasteiger partial charge >= 0.3 is 0 Å². The number of hydrogen-bond acceptors (Lipinski definition) is 5. The molecule has 1 unspecified atom stereocenters. The van der Waals surface area contributed by atoms with Crippen LogP contribution in [0.15, 0.2) is 36.4 Å². The number of carbonyl (C=O) groups is 1. The molecule has 2 rings (SSSR count). The van der Waals surface area contributed by atoms with Gasteiger partial charge in [0, 0.05) is 32.3 Å². The molecule has 1 aromatic rings. The van der Waals surface area contributed by atoms with Crippen molar-refractivity contribution < 1.29 is 15.1 Å². The summed E-state index contributed by atoms with van der Waals surface area (Å²) in [5, 5.41) is 18.6. The molecule has 3 N–H and O–H groups in total. The zero-order valence-electron chi connectivity index (χ0n) is 13.2. The summed E-state index contributed by atoms with van der Waals surface area (Å²) in [6.45, 7) is 3.65. The first-order valence-electron chi connectivity index (χ1n) is 7.59. The number of benzene rings is 1. The van der Waals surface area contributed by atoms with E-state index in [0.29, 0.717) is 0 Å². The number of rotatable bonds is 5. The summed E-state index contributed by atoms with van der Waals surface area (Å²) in [6.07, 6.45) is 5.96. The van der Waals surface area contributed by atoms with Crippen molar-refractivity contribution in [2.75, 3.05) is 33.2 Å². The topological polar surface area (TPSA) is 76.0 Å². The minimum absolute atomic E-state index is 0.565. The van der Waals surface area contributed by atoms with Gasteiger partial charge in [-0.25, -0.2) is 5.48 Å². The van der Waals surface area contributed by atoms with Gasteiger partial charge in [0.1, 0.15) is 6.23 Å². The molecule has 0 spiro atoms. The number of nitrogens with one attached hydrogen (secondary N) is 1. The molecule has 0 saturated carbocycles. The highest BCUT2D eigenvalue weighted by molar-refractivity contribution is 5.90. The van der Waals surface area contributed by atoms with Crippen LogP contribution in [0.4, 0.5) is 0 Å². The van der Waals surface area contributed by atoms with Gasteiger partial charge in [0.25, 0.3) is 5.91 Å². The van der Waals surface area contributed by atoms with E-state index < -0.39 is 12.1 Å². The number of hydroxylamine groups is 1. The van der Waals surface area contributed by atoms with E-state index in [1.54, 1.807) is 17.6 Å². The fourth-order valence-electron chi connectivity index (χ4n) is 2.33. The summed E-state index contributed by atoms with van der Waals surface area (Å²) in [5.74, 6) is -0.565. The van der Waals surface area contributed by atoms with Gasteiger partial charge in [0.2, 0.25) is 0 Å². The lowest BCUT2D eigenvalue weighted by Crippen LogP contribution is -2.48. The molecule has 0 bridgehead atoms. The second kappa shape index (κ2) is 8.59. The predicted octanol–water partition coefficient (Wildman–Crippen LogP) is 0.784. The van der Waals surface area contributed by atoms with Crippen molar-refractivity contribution >= 4 is 18.1 Å². The highest BCUT2D eigenvalue weighted by Crippen LogP contribution is 2.10. The maximum absolute atomic E-state index is 10.9. The van der Waals surface area contributed by atoms with Crippen LogP contribution in [0.3, 0.4) is 0 Å². The van der Waals surface area contributed by atoms with Gasteiger partial charge in [0.15, 0.2) is 0 Å². The molecule has 6 nitrogen and oxygen atoms in total. The van der Waals surface area contributed by atoms with Crippen LogP contribution < -0.4 is 5.48 Å². The van der Waals surface area contributed by atoms with Crippen LogP contribution in [0.25, 0.3) is 12.2 Å². The molecule has 1 atom stereocenters. The van der Waals surface area contributed by atoms with Crippen molar-refractivity contribution in [3.63, 3.8) is 0 Å². The minimum Gasteiger partial charge on any atom is -0.375 e. The van der Waals surface area contributed by atoms with Gasteiger partial charge in [-0.2, -0.15) is 0 Å². The molecule has 6 heteroatoms. The van der Waals surface area contributed by atoms with E-state index in [0.717, 1.165) is 37.3 Å². The number of aliphatic hydroxyl groups excluding tert-OH is 1. The zero-order chi connectivity index (χ0) is 16.7. The minimum atomic E-state index is -0.573. The molecule has 1 heterocycles. The largest absolute Gasteiger partial charge is 0.375 e. The molecule has 1 aromatic carbocycles. The predicted molar refractivity (Wildman–Crippen MR) is 89.5 cm³/mol. The van der Waals surface area contributed by atoms with Gasteiger partial charge in [0.05, 0.1) is 0 Å². The summed E-state index contributed by atoms with van der Waals surface area (Å²) >= 11 is 0. The van der Waals surface area contributed by atoms with Crippen LogP contribution in [0.5, 0.6) is 0 Å². The van der Waals surface area contributed by atoms with Gasteiger partial charge in [-0.15, -0.1) is 0 Å². The molecular weight excluding hydrogens is 294 g/mol. The molecule has 0 aromatic heterocycles. The molecule has 1 aliphatic heterocycles. The summed E-state index contributed by atoms with van der Waals surface area (Å²) < 4.78 is 0. The SMILES string of the molecule is CN1CCN(C(O)/C=C/c2ccc(/C=C/C(=O)NO)cc2)CC1. The van der Waals surface area contributed by atoms with Crippen molar-refractivity contribution in [3.8, 4) is 0 Å². The van der Waals surface area contributed by atoms with E-state index in [-0.39, 0.29) is 0 Å². The highest BCUT2D eigenvalue weighted by atomic mass is 16.5. The van der Waals surface area contributed by atoms with Crippen LogP contribution in [0.2, 0.25) is 0 Å². The van der Waals surface area contributed by atoms with E-state index >= 15 is 0 Å². The quantitative estimate of drug-likeness (QED) is 0.425. The van der Waals surface area contributed by atoms with E-state index in [2.05, 4.69) is 11.9 Å². The molecule has 23 heavy (non-hydrogen) atoms. The summed E-state index contributed by atoms with van der Waals surface area (Å²) in [4.78, 5) is 15.2. The van der Waals surface area contributed by atoms with E-state index in [1.807, 2.05) is 35.2 Å². The Balaban J connectivity index is 1.89. The lowest BCUT2D eigenvalue weighted by atomic mass is 10.1. The Bertz CT molecular complexity index is 561. The van der Waals surface area contributed by atoms with Crippen LogP contribution in [-0.4, -0.2) is 65.5 Å². The molecule has 0 radical (unpaired) electrons. The van der Waals surface area contributed by atoms with Crippen LogP contribution in [0.1, 0.15) is 11.1 Å². The van der Waals surface area contributed by atoms with E-state index in [1.165, 1.54) is 6.08 Å². The van der Waals surface area contributed by atoms with Crippen molar-refractivity contribution in [2.24, 2.45) is 0 Å². The molecular formula is C17H23N3O3. The Morgan fingerprint density at radius 1 is 1.13 bits per heavy atom. The number of amides is 1. The number of carbonyl (C=O) groups excluding carboxylic acids is 1. The standard InChI is InChI=1S/C17H23N3O3/c1-19-10-12-20(13-11-19)17(22)9-7-15-4-2-14(3-5-15)6-8-16(21)18-23/h2-9,17,22-23H,10-13H2,1H3,(H,18,21)/b8-6+,9-7+. The second-order valence-corrected chi connectivity index (χ2v) is 5.59. The Morgan fingerprint density at radius 2 is 1.70 bits per heavy atom. The summed E-state index contributed by atoms with van der Waals surface area (Å²) in [6, 6.07) is 7.54. The Labute approximate surface area is 136 Å². The number of likely N-dealkylation sites (N-methyl/N-ethyl adjacent to an activating group) is 1. The first-order chi connectivity index (χ1) is 11.1. The number of hydrogen-bond donors (Lipinski definition) is 3. The second-order valence-electron chi connectivity index (χ2n) is 5.59. The average molecular weight is 317 g/mol. The third-order valence-corrected chi connectivity index (χ3v) is 3.85. The first-order valence-corrected chi connectivity index (χ1v) is 7.59. The van der Waals surface area contributed by atoms with Crippen molar-refractivity contribution in [1.82, 2.24) is 15.3 Å². The maximum atomic E-state index is 10.9. The van der Waals surface area contributed by atoms with Gasteiger partial charge in [-0.1, -0.05) is 30.3 Å². The molecule has 1 amide bonds. The Morgan fingerprint density at radius 3 is 2.26 bits per heavy atom. The molecule has 124 valence electrons. The number of aliphatic hydroxyl groups is 1. The van der Waals surface area contributed by atoms with Gasteiger partial charge in [-0.3, -0.25) is 14.9 Å². The zero-order valence-corrected chi connectivity index (χ0v) is 13.2. The fraction of sp³-hybridized carbons (Fsp3) is 0.353. The van der Waals surface area contributed by atoms with E-state index in [4.69, 9.17) is 5.21 Å². The smallest absolute Gasteiger partial charge is 0.267 e. The van der Waals surface area contributed by atoms with Crippen LogP contribution >= 0.6 is 0 Å². The lowest BCUT2D eigenvalue weighted by molar-refractivity contribution is -0.124. The average Bonchev–Trinajstić information content (AvgIpc) is 2.59. The molecule has 1 fully saturated rings. The first kappa shape index (κ1) is 17.4. The Kier molecular flexibility index (Phi) is 6.49. The molecule has 1 aliphatic rings. The maximum Gasteiger partial charge on any atom is 0.267 e. The van der Waals surface area contributed by atoms with E-state index in [9.17, 15) is 9.90 Å². The Hall–Kier alpha value is -1.99. The number of piperazine rings is 1. The summed E-state index contributed by atoms with van der Waals surface area (Å²) in [7, 11) is 2.08. The normalized spacial score (nSPS) is 18.6. The van der Waals surface area contributed by atoms with Crippen molar-refractivity contribution in [2.45, 2.75) is 6.23 Å². The van der Waals surface area contributed by atoms with Crippen LogP contribution in [0, 0.1) is 0 Å².